The van der Waals surface area contributed by atoms with E-state index in [-0.39, 0.29) is 0 Å². The van der Waals surface area contributed by atoms with Crippen molar-refractivity contribution in [3.05, 3.63) is 65.7 Å². The maximum atomic E-state index is 13.4. The lowest BCUT2D eigenvalue weighted by atomic mass is 10.1. The first-order chi connectivity index (χ1) is 9.58. The summed E-state index contributed by atoms with van der Waals surface area (Å²) in [6.45, 7) is 0. The van der Waals surface area contributed by atoms with Crippen LogP contribution in [0.25, 0.3) is 0 Å². The summed E-state index contributed by atoms with van der Waals surface area (Å²) in [6, 6.07) is 11.7. The summed E-state index contributed by atoms with van der Waals surface area (Å²) >= 11 is 0. The van der Waals surface area contributed by atoms with Gasteiger partial charge >= 0.3 is 0 Å². The van der Waals surface area contributed by atoms with Gasteiger partial charge in [-0.2, -0.15) is 0 Å². The standard InChI is InChI=1S/C15H14F2N2O/c16-11-7-4-8-12(17)14(11)19-15(20)13(18)9-10-5-2-1-3-6-10/h1-8,13H,9,18H2,(H,19,20)/t13-/m1/s1. The Labute approximate surface area is 115 Å². The van der Waals surface area contributed by atoms with Crippen LogP contribution in [-0.2, 0) is 11.2 Å². The molecule has 2 rings (SSSR count). The molecule has 0 spiro atoms. The van der Waals surface area contributed by atoms with E-state index in [1.807, 2.05) is 30.3 Å². The maximum Gasteiger partial charge on any atom is 0.241 e. The molecule has 0 fully saturated rings. The molecule has 3 N–H and O–H groups in total. The van der Waals surface area contributed by atoms with Crippen molar-refractivity contribution in [2.45, 2.75) is 12.5 Å². The van der Waals surface area contributed by atoms with E-state index in [1.165, 1.54) is 6.07 Å². The third-order valence-corrected chi connectivity index (χ3v) is 2.85. The van der Waals surface area contributed by atoms with Gasteiger partial charge in [-0.1, -0.05) is 36.4 Å². The van der Waals surface area contributed by atoms with Gasteiger partial charge in [0, 0.05) is 0 Å². The smallest absolute Gasteiger partial charge is 0.241 e. The van der Waals surface area contributed by atoms with Gasteiger partial charge in [-0.25, -0.2) is 8.78 Å². The van der Waals surface area contributed by atoms with Crippen LogP contribution in [0.15, 0.2) is 48.5 Å². The van der Waals surface area contributed by atoms with E-state index in [0.29, 0.717) is 6.42 Å². The molecule has 0 heterocycles. The third kappa shape index (κ3) is 3.39. The third-order valence-electron chi connectivity index (χ3n) is 2.85. The highest BCUT2D eigenvalue weighted by Crippen LogP contribution is 2.18. The van der Waals surface area contributed by atoms with Gasteiger partial charge in [0.2, 0.25) is 5.91 Å². The van der Waals surface area contributed by atoms with Gasteiger partial charge in [0.15, 0.2) is 0 Å². The molecule has 20 heavy (non-hydrogen) atoms. The second-order valence-electron chi connectivity index (χ2n) is 4.38. The first-order valence-corrected chi connectivity index (χ1v) is 6.12. The Kier molecular flexibility index (Phi) is 4.42. The van der Waals surface area contributed by atoms with Gasteiger partial charge in [-0.3, -0.25) is 4.79 Å². The molecule has 2 aromatic rings. The fraction of sp³-hybridized carbons (Fsp3) is 0.133. The monoisotopic (exact) mass is 276 g/mol. The molecule has 0 bridgehead atoms. The summed E-state index contributed by atoms with van der Waals surface area (Å²) in [6.07, 6.45) is 0.294. The molecule has 0 aliphatic carbocycles. The van der Waals surface area contributed by atoms with E-state index in [9.17, 15) is 13.6 Å². The average Bonchev–Trinajstić information content (AvgIpc) is 2.44. The first kappa shape index (κ1) is 14.1. The van der Waals surface area contributed by atoms with Gasteiger partial charge in [-0.15, -0.1) is 0 Å². The second-order valence-corrected chi connectivity index (χ2v) is 4.38. The van der Waals surface area contributed by atoms with Crippen molar-refractivity contribution in [2.75, 3.05) is 5.32 Å². The van der Waals surface area contributed by atoms with Crippen LogP contribution < -0.4 is 11.1 Å². The van der Waals surface area contributed by atoms with E-state index in [1.54, 1.807) is 0 Å². The molecule has 1 atom stereocenters. The minimum Gasteiger partial charge on any atom is -0.320 e. The molecular weight excluding hydrogens is 262 g/mol. The van der Waals surface area contributed by atoms with Crippen LogP contribution in [-0.4, -0.2) is 11.9 Å². The number of rotatable bonds is 4. The number of benzene rings is 2. The molecular formula is C15H14F2N2O. The van der Waals surface area contributed by atoms with Crippen LogP contribution in [0.3, 0.4) is 0 Å². The van der Waals surface area contributed by atoms with Crippen LogP contribution in [0.5, 0.6) is 0 Å². The van der Waals surface area contributed by atoms with Crippen LogP contribution in [0.1, 0.15) is 5.56 Å². The first-order valence-electron chi connectivity index (χ1n) is 6.12. The summed E-state index contributed by atoms with van der Waals surface area (Å²) in [7, 11) is 0. The number of hydrogen-bond acceptors (Lipinski definition) is 2. The lowest BCUT2D eigenvalue weighted by molar-refractivity contribution is -0.117. The van der Waals surface area contributed by atoms with E-state index in [4.69, 9.17) is 5.73 Å². The number of carbonyl (C=O) groups excluding carboxylic acids is 1. The minimum atomic E-state index is -0.878. The number of nitrogens with two attached hydrogens (primary N) is 1. The largest absolute Gasteiger partial charge is 0.320 e. The summed E-state index contributed by atoms with van der Waals surface area (Å²) in [5.74, 6) is -2.28. The van der Waals surface area contributed by atoms with Crippen molar-refractivity contribution in [3.63, 3.8) is 0 Å². The Hall–Kier alpha value is -2.27. The molecule has 0 saturated heterocycles. The highest BCUT2D eigenvalue weighted by atomic mass is 19.1. The number of amides is 1. The number of anilines is 1. The molecule has 0 radical (unpaired) electrons. The average molecular weight is 276 g/mol. The van der Waals surface area contributed by atoms with Gasteiger partial charge < -0.3 is 11.1 Å². The molecule has 0 aliphatic rings. The number of carbonyl (C=O) groups is 1. The Morgan fingerprint density at radius 2 is 1.65 bits per heavy atom. The van der Waals surface area contributed by atoms with E-state index >= 15 is 0 Å². The zero-order chi connectivity index (χ0) is 14.5. The number of para-hydroxylation sites is 1. The Morgan fingerprint density at radius 1 is 1.05 bits per heavy atom. The number of halogens is 2. The number of hydrogen-bond donors (Lipinski definition) is 2. The van der Waals surface area contributed by atoms with Gasteiger partial charge in [0.05, 0.1) is 6.04 Å². The molecule has 5 heteroatoms. The topological polar surface area (TPSA) is 55.1 Å². The van der Waals surface area contributed by atoms with Gasteiger partial charge in [0.25, 0.3) is 0 Å². The molecule has 1 amide bonds. The highest BCUT2D eigenvalue weighted by molar-refractivity contribution is 5.95. The van der Waals surface area contributed by atoms with E-state index in [2.05, 4.69) is 5.32 Å². The van der Waals surface area contributed by atoms with Crippen molar-refractivity contribution in [3.8, 4) is 0 Å². The van der Waals surface area contributed by atoms with E-state index in [0.717, 1.165) is 17.7 Å². The Balaban J connectivity index is 2.05. The summed E-state index contributed by atoms with van der Waals surface area (Å²) < 4.78 is 26.8. The summed E-state index contributed by atoms with van der Waals surface area (Å²) in [4.78, 5) is 11.9. The molecule has 2 aromatic carbocycles. The van der Waals surface area contributed by atoms with Crippen LogP contribution in [0.2, 0.25) is 0 Å². The maximum absolute atomic E-state index is 13.4. The van der Waals surface area contributed by atoms with Gasteiger partial charge in [0.1, 0.15) is 17.3 Å². The van der Waals surface area contributed by atoms with Crippen molar-refractivity contribution in [2.24, 2.45) is 5.73 Å². The van der Waals surface area contributed by atoms with Crippen molar-refractivity contribution in [1.29, 1.82) is 0 Å². The van der Waals surface area contributed by atoms with Crippen molar-refractivity contribution < 1.29 is 13.6 Å². The number of nitrogens with one attached hydrogen (secondary N) is 1. The molecule has 104 valence electrons. The van der Waals surface area contributed by atoms with Crippen molar-refractivity contribution >= 4 is 11.6 Å². The lowest BCUT2D eigenvalue weighted by Crippen LogP contribution is -2.37. The second kappa shape index (κ2) is 6.25. The zero-order valence-electron chi connectivity index (χ0n) is 10.6. The highest BCUT2D eigenvalue weighted by Gasteiger charge is 2.17. The van der Waals surface area contributed by atoms with Crippen LogP contribution >= 0.6 is 0 Å². The summed E-state index contributed by atoms with van der Waals surface area (Å²) in [5, 5.41) is 2.18. The Bertz CT molecular complexity index is 582. The minimum absolute atomic E-state index is 0.294. The summed E-state index contributed by atoms with van der Waals surface area (Å²) in [5.41, 5.74) is 6.15. The van der Waals surface area contributed by atoms with Gasteiger partial charge in [-0.05, 0) is 24.1 Å². The SMILES string of the molecule is N[C@H](Cc1ccccc1)C(=O)Nc1c(F)cccc1F. The normalized spacial score (nSPS) is 11.9. The fourth-order valence-electron chi connectivity index (χ4n) is 1.79. The quantitative estimate of drug-likeness (QED) is 0.901. The van der Waals surface area contributed by atoms with Crippen molar-refractivity contribution in [1.82, 2.24) is 0 Å². The zero-order valence-corrected chi connectivity index (χ0v) is 10.6. The predicted octanol–water partition coefficient (Wildman–Crippen LogP) is 2.47. The lowest BCUT2D eigenvalue weighted by Gasteiger charge is -2.13. The Morgan fingerprint density at radius 3 is 2.25 bits per heavy atom. The molecule has 0 unspecified atom stereocenters. The van der Waals surface area contributed by atoms with Crippen LogP contribution in [0.4, 0.5) is 14.5 Å². The van der Waals surface area contributed by atoms with Crippen LogP contribution in [0, 0.1) is 11.6 Å². The molecule has 0 aromatic heterocycles. The fourth-order valence-corrected chi connectivity index (χ4v) is 1.79. The molecule has 0 aliphatic heterocycles. The molecule has 0 saturated carbocycles. The predicted molar refractivity (Wildman–Crippen MR) is 73.1 cm³/mol. The molecule has 3 nitrogen and oxygen atoms in total. The van der Waals surface area contributed by atoms with E-state index < -0.39 is 29.3 Å².